The summed E-state index contributed by atoms with van der Waals surface area (Å²) in [5, 5.41) is 0. The highest BCUT2D eigenvalue weighted by Crippen LogP contribution is 2.31. The number of benzene rings is 1. The van der Waals surface area contributed by atoms with Crippen LogP contribution in [0.5, 0.6) is 0 Å². The van der Waals surface area contributed by atoms with E-state index in [0.29, 0.717) is 5.56 Å². The summed E-state index contributed by atoms with van der Waals surface area (Å²) in [6.07, 6.45) is -3.53. The van der Waals surface area contributed by atoms with Crippen LogP contribution in [0.4, 0.5) is 13.2 Å². The lowest BCUT2D eigenvalue weighted by Crippen LogP contribution is -2.10. The zero-order valence-corrected chi connectivity index (χ0v) is 10.9. The summed E-state index contributed by atoms with van der Waals surface area (Å²) in [5.41, 5.74) is 1.90. The van der Waals surface area contributed by atoms with Crippen molar-refractivity contribution in [3.63, 3.8) is 0 Å². The van der Waals surface area contributed by atoms with Crippen LogP contribution < -0.4 is 0 Å². The van der Waals surface area contributed by atoms with Gasteiger partial charge in [-0.05, 0) is 11.0 Å². The lowest BCUT2D eigenvalue weighted by atomic mass is 9.86. The molecule has 0 saturated carbocycles. The first-order valence-corrected chi connectivity index (χ1v) is 5.81. The monoisotopic (exact) mass is 269 g/mol. The summed E-state index contributed by atoms with van der Waals surface area (Å²) in [4.78, 5) is 3.45. The van der Waals surface area contributed by atoms with Crippen molar-refractivity contribution in [2.24, 2.45) is 0 Å². The van der Waals surface area contributed by atoms with Crippen LogP contribution in [0.2, 0.25) is 0 Å². The molecule has 1 aromatic heterocycles. The van der Waals surface area contributed by atoms with Gasteiger partial charge in [0.15, 0.2) is 0 Å². The first-order chi connectivity index (χ1) is 8.68. The third-order valence-corrected chi connectivity index (χ3v) is 2.79. The van der Waals surface area contributed by atoms with Gasteiger partial charge in [-0.1, -0.05) is 45.0 Å². The van der Waals surface area contributed by atoms with E-state index in [1.54, 1.807) is 12.1 Å². The summed E-state index contributed by atoms with van der Waals surface area (Å²) >= 11 is 0. The zero-order valence-electron chi connectivity index (χ0n) is 10.9. The quantitative estimate of drug-likeness (QED) is 0.752. The summed E-state index contributed by atoms with van der Waals surface area (Å²) in [6.45, 7) is 6.21. The Kier molecular flexibility index (Phi) is 3.16. The van der Waals surface area contributed by atoms with E-state index >= 15 is 0 Å². The molecule has 0 atom stereocenters. The van der Waals surface area contributed by atoms with Gasteiger partial charge in [0.2, 0.25) is 0 Å². The molecule has 2 aromatic rings. The normalized spacial score (nSPS) is 12.7. The van der Waals surface area contributed by atoms with Crippen LogP contribution in [-0.4, -0.2) is 4.98 Å². The Balaban J connectivity index is 2.31. The number of aromatic nitrogens is 1. The highest BCUT2D eigenvalue weighted by Gasteiger charge is 2.37. The second-order valence-corrected chi connectivity index (χ2v) is 5.36. The molecule has 0 fully saturated rings. The fourth-order valence-electron chi connectivity index (χ4n) is 1.68. The average molecular weight is 269 g/mol. The van der Waals surface area contributed by atoms with Gasteiger partial charge in [0.1, 0.15) is 12.0 Å². The van der Waals surface area contributed by atoms with E-state index in [2.05, 4.69) is 30.2 Å². The van der Waals surface area contributed by atoms with Crippen molar-refractivity contribution in [3.05, 3.63) is 42.0 Å². The van der Waals surface area contributed by atoms with Crippen molar-refractivity contribution in [2.45, 2.75) is 32.4 Å². The third kappa shape index (κ3) is 2.97. The van der Waals surface area contributed by atoms with Crippen LogP contribution >= 0.6 is 0 Å². The molecule has 19 heavy (non-hydrogen) atoms. The molecule has 0 saturated heterocycles. The number of hydrogen-bond donors (Lipinski definition) is 0. The maximum Gasteiger partial charge on any atom is 0.468 e. The van der Waals surface area contributed by atoms with Gasteiger partial charge in [0.25, 0.3) is 0 Å². The minimum absolute atomic E-state index is 0.000511. The van der Waals surface area contributed by atoms with Gasteiger partial charge in [-0.15, -0.1) is 0 Å². The third-order valence-electron chi connectivity index (χ3n) is 2.79. The van der Waals surface area contributed by atoms with Crippen LogP contribution in [0.3, 0.4) is 0 Å². The number of hydrogen-bond acceptors (Lipinski definition) is 2. The number of rotatable bonds is 1. The second-order valence-electron chi connectivity index (χ2n) is 5.36. The number of nitrogens with zero attached hydrogens (tertiary/aromatic N) is 1. The lowest BCUT2D eigenvalue weighted by molar-refractivity contribution is -0.157. The van der Waals surface area contributed by atoms with Crippen LogP contribution in [0.25, 0.3) is 11.3 Å². The molecule has 0 N–H and O–H groups in total. The molecule has 0 aliphatic carbocycles. The molecule has 0 spiro atoms. The van der Waals surface area contributed by atoms with E-state index in [1.165, 1.54) is 0 Å². The standard InChI is InChI=1S/C14H14F3NO/c1-13(2,3)10-6-4-9(5-7-10)11-8-19-12(18-11)14(15,16)17/h4-8H,1-3H3. The molecule has 0 aliphatic heterocycles. The summed E-state index contributed by atoms with van der Waals surface area (Å²) < 4.78 is 41.6. The van der Waals surface area contributed by atoms with E-state index in [1.807, 2.05) is 12.1 Å². The minimum atomic E-state index is -4.55. The molecule has 0 unspecified atom stereocenters. The van der Waals surface area contributed by atoms with Crippen LogP contribution in [0, 0.1) is 0 Å². The minimum Gasteiger partial charge on any atom is -0.441 e. The van der Waals surface area contributed by atoms with Gasteiger partial charge >= 0.3 is 12.1 Å². The molecule has 5 heteroatoms. The Hall–Kier alpha value is -1.78. The van der Waals surface area contributed by atoms with E-state index in [0.717, 1.165) is 11.8 Å². The fraction of sp³-hybridized carbons (Fsp3) is 0.357. The van der Waals surface area contributed by atoms with Gasteiger partial charge in [-0.3, -0.25) is 0 Å². The largest absolute Gasteiger partial charge is 0.468 e. The zero-order chi connectivity index (χ0) is 14.3. The predicted octanol–water partition coefficient (Wildman–Crippen LogP) is 4.66. The Morgan fingerprint density at radius 1 is 1.00 bits per heavy atom. The van der Waals surface area contributed by atoms with Gasteiger partial charge in [0.05, 0.1) is 0 Å². The number of oxazole rings is 1. The molecule has 0 aliphatic rings. The van der Waals surface area contributed by atoms with Gasteiger partial charge in [-0.25, -0.2) is 4.98 Å². The molecule has 0 bridgehead atoms. The Morgan fingerprint density at radius 3 is 2.00 bits per heavy atom. The first kappa shape index (κ1) is 13.6. The SMILES string of the molecule is CC(C)(C)c1ccc(-c2coc(C(F)(F)F)n2)cc1. The van der Waals surface area contributed by atoms with Gasteiger partial charge in [0, 0.05) is 5.56 Å². The van der Waals surface area contributed by atoms with Gasteiger partial charge < -0.3 is 4.42 Å². The number of alkyl halides is 3. The maximum absolute atomic E-state index is 12.4. The Bertz CT molecular complexity index is 562. The average Bonchev–Trinajstić information content (AvgIpc) is 2.77. The fourth-order valence-corrected chi connectivity index (χ4v) is 1.68. The molecule has 1 aromatic carbocycles. The highest BCUT2D eigenvalue weighted by molar-refractivity contribution is 5.58. The van der Waals surface area contributed by atoms with Crippen LogP contribution in [-0.2, 0) is 11.6 Å². The Morgan fingerprint density at radius 2 is 1.58 bits per heavy atom. The van der Waals surface area contributed by atoms with Crippen molar-refractivity contribution in [3.8, 4) is 11.3 Å². The topological polar surface area (TPSA) is 26.0 Å². The van der Waals surface area contributed by atoms with E-state index in [9.17, 15) is 13.2 Å². The summed E-state index contributed by atoms with van der Waals surface area (Å²) in [5.74, 6) is -1.22. The van der Waals surface area contributed by atoms with E-state index < -0.39 is 12.1 Å². The van der Waals surface area contributed by atoms with Crippen molar-refractivity contribution < 1.29 is 17.6 Å². The smallest absolute Gasteiger partial charge is 0.441 e. The van der Waals surface area contributed by atoms with Gasteiger partial charge in [-0.2, -0.15) is 13.2 Å². The Labute approximate surface area is 109 Å². The molecule has 1 heterocycles. The van der Waals surface area contributed by atoms with Crippen molar-refractivity contribution in [1.29, 1.82) is 0 Å². The lowest BCUT2D eigenvalue weighted by Gasteiger charge is -2.18. The van der Waals surface area contributed by atoms with Crippen LogP contribution in [0.1, 0.15) is 32.2 Å². The predicted molar refractivity (Wildman–Crippen MR) is 65.6 cm³/mol. The van der Waals surface area contributed by atoms with E-state index in [-0.39, 0.29) is 11.1 Å². The molecule has 2 nitrogen and oxygen atoms in total. The van der Waals surface area contributed by atoms with Crippen molar-refractivity contribution >= 4 is 0 Å². The van der Waals surface area contributed by atoms with Crippen molar-refractivity contribution in [2.75, 3.05) is 0 Å². The first-order valence-electron chi connectivity index (χ1n) is 5.81. The molecule has 0 radical (unpaired) electrons. The number of halogens is 3. The molecule has 0 amide bonds. The van der Waals surface area contributed by atoms with Crippen molar-refractivity contribution in [1.82, 2.24) is 4.98 Å². The molecule has 2 rings (SSSR count). The maximum atomic E-state index is 12.4. The second kappa shape index (κ2) is 4.40. The summed E-state index contributed by atoms with van der Waals surface area (Å²) in [7, 11) is 0. The summed E-state index contributed by atoms with van der Waals surface area (Å²) in [6, 6.07) is 7.27. The highest BCUT2D eigenvalue weighted by atomic mass is 19.4. The van der Waals surface area contributed by atoms with Crippen LogP contribution in [0.15, 0.2) is 34.9 Å². The molecular formula is C14H14F3NO. The molecule has 102 valence electrons. The molecular weight excluding hydrogens is 255 g/mol. The van der Waals surface area contributed by atoms with E-state index in [4.69, 9.17) is 0 Å².